The molecule has 5 aromatic heterocycles. The van der Waals surface area contributed by atoms with E-state index in [2.05, 4.69) is 70.3 Å². The standard InChI is InChI=1S/2C27H28ClN5O4S.2C19H12Cl2N2O3S.C10H7Cl2N3S/c2*1-16-24(29)27(15-37-16)9-11-33(12-10-27)21-13-31-22(14-30-21)38-20-8-4-7-19(23(20)28)32-25(34)17-5-2-3-6-18(17)26(35)36;2*20-16-9-23-17(10-22-16)27-15-7-3-4-11(18(15)21)8-14(24)12-5-1-2-6-13(12)19(25)26;11-8-4-15-9(5-14-8)16-7-3-1-2-6(13)10(7)12/h2*2-8,13-14,16,24H,9-12,15,29H2,1H3,(H,32,34)(H,35,36);2*1-7,9-10H,8H2,(H,25,26);1-5H,13H2/t2*16-,24+;;;/m00.../s1. The molecule has 0 saturated carbocycles. The molecular weight excluding hydrogens is 2130 g/mol. The summed E-state index contributed by atoms with van der Waals surface area (Å²) in [6.07, 6.45) is 20.0. The number of hydrogen-bond donors (Lipinski definition) is 9. The number of nitrogens with two attached hydrogens (primary N) is 3. The highest BCUT2D eigenvalue weighted by Crippen LogP contribution is 2.47. The number of nitrogens with zero attached hydrogens (tertiary/aromatic N) is 12. The van der Waals surface area contributed by atoms with Crippen LogP contribution in [-0.4, -0.2) is 181 Å². The van der Waals surface area contributed by atoms with Crippen molar-refractivity contribution in [1.82, 2.24) is 49.8 Å². The SMILES string of the molecule is C[C@@H]1OCC2(CCN(c3cnc(Sc4cccc(NC(=O)c5ccccc5C(=O)O)c4Cl)cn3)CC2)[C@@H]1N.C[C@@H]1OCC2(CCN(c3cnc(Sc4cccc(NC(=O)c5ccccc5C(=O)O)c4Cl)cn3)CC2)[C@@H]1N.Nc1cccc(Sc2cnc(Cl)cn2)c1Cl.O=C(O)c1ccccc1C(=O)Cc1cccc(Sc2cnc(Cl)cn2)c1Cl.O=C(O)c1ccccc1C(=O)Cc1cccc(Sc2cnc(Cl)cn2)c1Cl. The summed E-state index contributed by atoms with van der Waals surface area (Å²) >= 11 is 55.9. The molecule has 2 spiro atoms. The third-order valence-corrected chi connectivity index (χ3v) is 32.1. The first-order chi connectivity index (χ1) is 70.1. The van der Waals surface area contributed by atoms with E-state index >= 15 is 0 Å². The van der Waals surface area contributed by atoms with Crippen molar-refractivity contribution in [3.63, 3.8) is 0 Å². The minimum absolute atomic E-state index is 0.0101. The number of carbonyl (C=O) groups excluding carboxylic acids is 4. The number of ketones is 2. The molecule has 4 aliphatic heterocycles. The van der Waals surface area contributed by atoms with Crippen molar-refractivity contribution in [3.8, 4) is 0 Å². The van der Waals surface area contributed by atoms with Crippen molar-refractivity contribution >= 4 is 228 Å². The molecule has 31 nitrogen and oxygen atoms in total. The number of carbonyl (C=O) groups is 8. The average Bonchev–Trinajstić information content (AvgIpc) is 1.63. The highest BCUT2D eigenvalue weighted by atomic mass is 35.5. The minimum Gasteiger partial charge on any atom is -0.478 e. The maximum atomic E-state index is 12.8. The molecule has 4 aliphatic rings. The van der Waals surface area contributed by atoms with Gasteiger partial charge in [0.05, 0.1) is 163 Å². The van der Waals surface area contributed by atoms with Crippen LogP contribution in [0.4, 0.5) is 28.7 Å². The lowest BCUT2D eigenvalue weighted by Crippen LogP contribution is -2.50. The minimum atomic E-state index is -1.18. The van der Waals surface area contributed by atoms with Crippen molar-refractivity contribution in [1.29, 1.82) is 0 Å². The lowest BCUT2D eigenvalue weighted by atomic mass is 9.73. The van der Waals surface area contributed by atoms with Gasteiger partial charge in [-0.05, 0) is 136 Å². The summed E-state index contributed by atoms with van der Waals surface area (Å²) in [5.41, 5.74) is 21.4. The Labute approximate surface area is 898 Å². The number of carboxylic acid groups (broad SMARTS) is 4. The van der Waals surface area contributed by atoms with Crippen LogP contribution < -0.4 is 37.6 Å². The smallest absolute Gasteiger partial charge is 0.336 e. The van der Waals surface area contributed by atoms with Crippen LogP contribution >= 0.6 is 152 Å². The van der Waals surface area contributed by atoms with E-state index in [0.717, 1.165) is 86.6 Å². The molecule has 4 fully saturated rings. The second-order valence-corrected chi connectivity index (χ2v) is 41.5. The third kappa shape index (κ3) is 28.0. The lowest BCUT2D eigenvalue weighted by molar-refractivity contribution is 0.0683. The summed E-state index contributed by atoms with van der Waals surface area (Å²) in [5.74, 6) is -4.76. The topological polar surface area (TPSA) is 473 Å². The van der Waals surface area contributed by atoms with E-state index in [9.17, 15) is 58.8 Å². The number of nitrogen functional groups attached to an aromatic ring is 1. The molecule has 14 aromatic rings. The number of benzene rings is 9. The van der Waals surface area contributed by atoms with Crippen molar-refractivity contribution in [2.45, 2.75) is 126 Å². The number of rotatable bonds is 26. The average molecular weight is 2220 g/mol. The lowest BCUT2D eigenvalue weighted by Gasteiger charge is -2.41. The van der Waals surface area contributed by atoms with Gasteiger partial charge in [0.15, 0.2) is 11.6 Å². The number of carboxylic acids is 4. The van der Waals surface area contributed by atoms with Gasteiger partial charge in [-0.3, -0.25) is 19.2 Å². The zero-order chi connectivity index (χ0) is 104. The molecule has 0 unspecified atom stereocenters. The molecule has 0 radical (unpaired) electrons. The highest BCUT2D eigenvalue weighted by Gasteiger charge is 2.49. The number of piperidine rings is 2. The van der Waals surface area contributed by atoms with Crippen molar-refractivity contribution in [2.24, 2.45) is 22.3 Å². The Morgan fingerprint density at radius 3 is 0.904 bits per heavy atom. The molecule has 18 rings (SSSR count). The number of nitrogens with one attached hydrogen (secondary N) is 2. The molecule has 9 heterocycles. The predicted molar refractivity (Wildman–Crippen MR) is 568 cm³/mol. The van der Waals surface area contributed by atoms with Crippen LogP contribution in [0.3, 0.4) is 0 Å². The molecule has 4 atom stereocenters. The molecule has 146 heavy (non-hydrogen) atoms. The van der Waals surface area contributed by atoms with Gasteiger partial charge in [0.2, 0.25) is 0 Å². The summed E-state index contributed by atoms with van der Waals surface area (Å²) in [5, 5.41) is 48.9. The Morgan fingerprint density at radius 1 is 0.342 bits per heavy atom. The van der Waals surface area contributed by atoms with Crippen molar-refractivity contribution in [3.05, 3.63) is 346 Å². The Bertz CT molecular complexity index is 6760. The molecular formula is C102H87Cl8N17O14S5. The molecule has 750 valence electrons. The van der Waals surface area contributed by atoms with E-state index in [1.165, 1.54) is 138 Å². The van der Waals surface area contributed by atoms with E-state index in [-0.39, 0.29) is 104 Å². The first-order valence-corrected chi connectivity index (χ1v) is 51.6. The maximum absolute atomic E-state index is 12.8. The van der Waals surface area contributed by atoms with Gasteiger partial charge in [-0.1, -0.05) is 255 Å². The van der Waals surface area contributed by atoms with Gasteiger partial charge < -0.3 is 67.5 Å². The first-order valence-electron chi connectivity index (χ1n) is 44.5. The summed E-state index contributed by atoms with van der Waals surface area (Å²) in [4.78, 5) is 147. The van der Waals surface area contributed by atoms with Gasteiger partial charge in [-0.25, -0.2) is 69.0 Å². The van der Waals surface area contributed by atoms with Gasteiger partial charge in [0.1, 0.15) is 52.2 Å². The Morgan fingerprint density at radius 2 is 0.616 bits per heavy atom. The Kier molecular flexibility index (Phi) is 38.2. The predicted octanol–water partition coefficient (Wildman–Crippen LogP) is 22.8. The molecule has 0 aliphatic carbocycles. The molecule has 2 amide bonds. The van der Waals surface area contributed by atoms with Gasteiger partial charge in [0, 0.05) is 97.5 Å². The number of anilines is 5. The van der Waals surface area contributed by atoms with Gasteiger partial charge in [-0.2, -0.15) is 0 Å². The fourth-order valence-corrected chi connectivity index (χ4v) is 21.7. The number of Topliss-reactive ketones (excluding diaryl/α,β-unsaturated/α-hetero) is 2. The summed E-state index contributed by atoms with van der Waals surface area (Å²) in [7, 11) is 0. The molecule has 4 saturated heterocycles. The van der Waals surface area contributed by atoms with Crippen molar-refractivity contribution < 1.29 is 68.3 Å². The number of hydrogen-bond acceptors (Lipinski definition) is 30. The number of amides is 2. The zero-order valence-electron chi connectivity index (χ0n) is 77.0. The van der Waals surface area contributed by atoms with Crippen LogP contribution in [0.1, 0.15) is 134 Å². The van der Waals surface area contributed by atoms with E-state index < -0.39 is 35.7 Å². The second-order valence-electron chi connectivity index (χ2n) is 33.1. The molecule has 0 bridgehead atoms. The Hall–Kier alpha value is -12.2. The van der Waals surface area contributed by atoms with Crippen LogP contribution in [0.15, 0.2) is 300 Å². The second kappa shape index (κ2) is 51.0. The van der Waals surface area contributed by atoms with Crippen LogP contribution in [0.2, 0.25) is 40.6 Å². The maximum Gasteiger partial charge on any atom is 0.336 e. The molecule has 44 heteroatoms. The monoisotopic (exact) mass is 2210 g/mol. The van der Waals surface area contributed by atoms with Crippen LogP contribution in [0.25, 0.3) is 0 Å². The van der Waals surface area contributed by atoms with E-state index in [1.54, 1.807) is 134 Å². The fourth-order valence-electron chi connectivity index (χ4n) is 16.0. The summed E-state index contributed by atoms with van der Waals surface area (Å²) < 4.78 is 11.6. The number of halogens is 8. The van der Waals surface area contributed by atoms with E-state index in [1.807, 2.05) is 50.2 Å². The largest absolute Gasteiger partial charge is 0.478 e. The third-order valence-electron chi connectivity index (χ3n) is 23.9. The van der Waals surface area contributed by atoms with Gasteiger partial charge >= 0.3 is 23.9 Å². The van der Waals surface area contributed by atoms with Crippen LogP contribution in [0.5, 0.6) is 0 Å². The van der Waals surface area contributed by atoms with E-state index in [4.69, 9.17) is 119 Å². The normalized spacial score (nSPS) is 15.7. The van der Waals surface area contributed by atoms with Crippen LogP contribution in [0, 0.1) is 10.8 Å². The number of aromatic nitrogens is 10. The van der Waals surface area contributed by atoms with E-state index in [0.29, 0.717) is 108 Å². The zero-order valence-corrected chi connectivity index (χ0v) is 87.1. The Balaban J connectivity index is 0.000000148. The van der Waals surface area contributed by atoms with Gasteiger partial charge in [-0.15, -0.1) is 0 Å². The molecule has 9 aromatic carbocycles. The number of ether oxygens (including phenoxy) is 2. The van der Waals surface area contributed by atoms with Crippen LogP contribution in [-0.2, 0) is 22.3 Å². The number of aromatic carboxylic acids is 4. The highest BCUT2D eigenvalue weighted by molar-refractivity contribution is 8.00. The van der Waals surface area contributed by atoms with Gasteiger partial charge in [0.25, 0.3) is 11.8 Å². The summed E-state index contributed by atoms with van der Waals surface area (Å²) in [6.45, 7) is 8.93. The summed E-state index contributed by atoms with van der Waals surface area (Å²) in [6, 6.07) is 51.0. The first kappa shape index (κ1) is 110. The fraction of sp³-hybridized carbons (Fsp3) is 0.196. The quantitative estimate of drug-likeness (QED) is 0.0180. The van der Waals surface area contributed by atoms with Crippen molar-refractivity contribution in [2.75, 3.05) is 65.6 Å². The molecule has 12 N–H and O–H groups in total.